The van der Waals surface area contributed by atoms with Gasteiger partial charge in [0.2, 0.25) is 0 Å². The van der Waals surface area contributed by atoms with Gasteiger partial charge in [-0.3, -0.25) is 0 Å². The van der Waals surface area contributed by atoms with E-state index < -0.39 is 9.05 Å². The maximum atomic E-state index is 11.1. The smallest absolute Gasteiger partial charge is 0.264 e. The van der Waals surface area contributed by atoms with Gasteiger partial charge in [-0.25, -0.2) is 8.42 Å². The minimum Gasteiger partial charge on any atom is -0.484 e. The van der Waals surface area contributed by atoms with E-state index in [-0.39, 0.29) is 11.5 Å². The lowest BCUT2D eigenvalue weighted by Crippen LogP contribution is -1.97. The maximum absolute atomic E-state index is 11.1. The molecule has 8 heteroatoms. The molecule has 0 spiro atoms. The van der Waals surface area contributed by atoms with Gasteiger partial charge in [-0.05, 0) is 24.3 Å². The Hall–Kier alpha value is -1.60. The van der Waals surface area contributed by atoms with Crippen LogP contribution < -0.4 is 4.74 Å². The van der Waals surface area contributed by atoms with Crippen LogP contribution in [0, 0.1) is 0 Å². The van der Waals surface area contributed by atoms with Crippen molar-refractivity contribution in [2.45, 2.75) is 24.8 Å². The molecule has 0 fully saturated rings. The molecular formula is C11H11ClN2O4S. The predicted octanol–water partition coefficient (Wildman–Crippen LogP) is 2.14. The number of aromatic nitrogens is 2. The summed E-state index contributed by atoms with van der Waals surface area (Å²) in [5, 5.41) is 3.73. The summed E-state index contributed by atoms with van der Waals surface area (Å²) in [6.45, 7) is 2.04. The molecule has 0 saturated carbocycles. The van der Waals surface area contributed by atoms with Crippen molar-refractivity contribution in [3.05, 3.63) is 36.0 Å². The van der Waals surface area contributed by atoms with Crippen LogP contribution in [0.15, 0.2) is 33.7 Å². The Balaban J connectivity index is 2.00. The zero-order valence-electron chi connectivity index (χ0n) is 10.0. The molecule has 1 aromatic carbocycles. The van der Waals surface area contributed by atoms with Gasteiger partial charge in [-0.2, -0.15) is 4.98 Å². The molecule has 1 heterocycles. The number of hydrogen-bond acceptors (Lipinski definition) is 6. The lowest BCUT2D eigenvalue weighted by molar-refractivity contribution is 0.242. The molecule has 0 radical (unpaired) electrons. The van der Waals surface area contributed by atoms with Gasteiger partial charge >= 0.3 is 0 Å². The van der Waals surface area contributed by atoms with Crippen LogP contribution in [0.2, 0.25) is 0 Å². The van der Waals surface area contributed by atoms with Gasteiger partial charge in [0.05, 0.1) is 4.90 Å². The van der Waals surface area contributed by atoms with Crippen LogP contribution in [-0.2, 0) is 22.1 Å². The molecule has 0 aliphatic rings. The quantitative estimate of drug-likeness (QED) is 0.787. The monoisotopic (exact) mass is 302 g/mol. The number of hydrogen-bond donors (Lipinski definition) is 0. The molecular weight excluding hydrogens is 292 g/mol. The zero-order chi connectivity index (χ0) is 13.9. The Kier molecular flexibility index (Phi) is 4.06. The van der Waals surface area contributed by atoms with Crippen molar-refractivity contribution >= 4 is 19.7 Å². The van der Waals surface area contributed by atoms with Gasteiger partial charge in [0.15, 0.2) is 12.4 Å². The highest BCUT2D eigenvalue weighted by Gasteiger charge is 2.10. The van der Waals surface area contributed by atoms with E-state index in [0.717, 1.165) is 0 Å². The summed E-state index contributed by atoms with van der Waals surface area (Å²) in [5.74, 6) is 1.47. The number of aryl methyl sites for hydroxylation is 1. The van der Waals surface area contributed by atoms with Crippen molar-refractivity contribution in [1.29, 1.82) is 0 Å². The third-order valence-electron chi connectivity index (χ3n) is 2.29. The molecule has 0 unspecified atom stereocenters. The fourth-order valence-electron chi connectivity index (χ4n) is 1.34. The fourth-order valence-corrected chi connectivity index (χ4v) is 2.11. The van der Waals surface area contributed by atoms with Crippen molar-refractivity contribution in [1.82, 2.24) is 10.1 Å². The van der Waals surface area contributed by atoms with Crippen LogP contribution >= 0.6 is 10.7 Å². The first kappa shape index (κ1) is 13.8. The van der Waals surface area contributed by atoms with Crippen molar-refractivity contribution in [3.63, 3.8) is 0 Å². The van der Waals surface area contributed by atoms with Gasteiger partial charge in [0.25, 0.3) is 14.9 Å². The standard InChI is InChI=1S/C11H11ClN2O4S/c1-2-10-13-11(18-14-10)7-17-8-3-5-9(6-4-8)19(12,15)16/h3-6H,2,7H2,1H3. The molecule has 102 valence electrons. The highest BCUT2D eigenvalue weighted by Crippen LogP contribution is 2.19. The lowest BCUT2D eigenvalue weighted by atomic mass is 10.3. The van der Waals surface area contributed by atoms with Crippen LogP contribution in [0.4, 0.5) is 0 Å². The van der Waals surface area contributed by atoms with Gasteiger partial charge in [-0.1, -0.05) is 12.1 Å². The molecule has 0 atom stereocenters. The van der Waals surface area contributed by atoms with E-state index >= 15 is 0 Å². The van der Waals surface area contributed by atoms with E-state index in [4.69, 9.17) is 19.9 Å². The maximum Gasteiger partial charge on any atom is 0.264 e. The molecule has 0 aliphatic heterocycles. The molecule has 0 amide bonds. The normalized spacial score (nSPS) is 11.5. The summed E-state index contributed by atoms with van der Waals surface area (Å²) >= 11 is 0. The SMILES string of the molecule is CCc1noc(COc2ccc(S(=O)(=O)Cl)cc2)n1. The number of nitrogens with zero attached hydrogens (tertiary/aromatic N) is 2. The lowest BCUT2D eigenvalue weighted by Gasteiger charge is -2.03. The first-order chi connectivity index (χ1) is 8.99. The number of halogens is 1. The van der Waals surface area contributed by atoms with Gasteiger partial charge in [-0.15, -0.1) is 0 Å². The minimum atomic E-state index is -3.71. The van der Waals surface area contributed by atoms with Gasteiger partial charge in [0, 0.05) is 17.1 Å². The molecule has 6 nitrogen and oxygen atoms in total. The second kappa shape index (κ2) is 5.58. The Morgan fingerprint density at radius 2 is 2.00 bits per heavy atom. The summed E-state index contributed by atoms with van der Waals surface area (Å²) in [7, 11) is 1.49. The summed E-state index contributed by atoms with van der Waals surface area (Å²) in [6.07, 6.45) is 0.686. The van der Waals surface area contributed by atoms with Crippen molar-refractivity contribution in [2.75, 3.05) is 0 Å². The van der Waals surface area contributed by atoms with E-state index in [1.807, 2.05) is 6.92 Å². The highest BCUT2D eigenvalue weighted by atomic mass is 35.7. The largest absolute Gasteiger partial charge is 0.484 e. The van der Waals surface area contributed by atoms with E-state index in [9.17, 15) is 8.42 Å². The molecule has 0 aliphatic carbocycles. The van der Waals surface area contributed by atoms with Gasteiger partial charge in [0.1, 0.15) is 5.75 Å². The first-order valence-corrected chi connectivity index (χ1v) is 7.79. The second-order valence-electron chi connectivity index (χ2n) is 3.66. The van der Waals surface area contributed by atoms with Crippen LogP contribution in [-0.4, -0.2) is 18.6 Å². The number of ether oxygens (including phenoxy) is 1. The van der Waals surface area contributed by atoms with Crippen molar-refractivity contribution in [3.8, 4) is 5.75 Å². The second-order valence-corrected chi connectivity index (χ2v) is 6.22. The molecule has 0 N–H and O–H groups in total. The van der Waals surface area contributed by atoms with Crippen LogP contribution in [0.1, 0.15) is 18.6 Å². The first-order valence-electron chi connectivity index (χ1n) is 5.48. The highest BCUT2D eigenvalue weighted by molar-refractivity contribution is 8.13. The Labute approximate surface area is 114 Å². The minimum absolute atomic E-state index is 0.0209. The summed E-state index contributed by atoms with van der Waals surface area (Å²) in [4.78, 5) is 4.10. The Morgan fingerprint density at radius 1 is 1.32 bits per heavy atom. The molecule has 2 rings (SSSR count). The van der Waals surface area contributed by atoms with Crippen LogP contribution in [0.3, 0.4) is 0 Å². The predicted molar refractivity (Wildman–Crippen MR) is 67.5 cm³/mol. The van der Waals surface area contributed by atoms with E-state index in [0.29, 0.717) is 23.9 Å². The topological polar surface area (TPSA) is 82.3 Å². The Morgan fingerprint density at radius 3 is 2.53 bits per heavy atom. The van der Waals surface area contributed by atoms with E-state index in [1.54, 1.807) is 0 Å². The Bertz CT molecular complexity index is 652. The average molecular weight is 303 g/mol. The van der Waals surface area contributed by atoms with E-state index in [1.165, 1.54) is 24.3 Å². The molecule has 1 aromatic heterocycles. The van der Waals surface area contributed by atoms with Crippen LogP contribution in [0.25, 0.3) is 0 Å². The van der Waals surface area contributed by atoms with Crippen molar-refractivity contribution < 1.29 is 17.7 Å². The van der Waals surface area contributed by atoms with Gasteiger partial charge < -0.3 is 9.26 Å². The molecule has 0 saturated heterocycles. The van der Waals surface area contributed by atoms with E-state index in [2.05, 4.69) is 10.1 Å². The zero-order valence-corrected chi connectivity index (χ0v) is 11.6. The molecule has 19 heavy (non-hydrogen) atoms. The molecule has 2 aromatic rings. The third-order valence-corrected chi connectivity index (χ3v) is 3.66. The third kappa shape index (κ3) is 3.68. The fraction of sp³-hybridized carbons (Fsp3) is 0.273. The average Bonchev–Trinajstić information content (AvgIpc) is 2.84. The van der Waals surface area contributed by atoms with Crippen LogP contribution in [0.5, 0.6) is 5.75 Å². The molecule has 0 bridgehead atoms. The summed E-state index contributed by atoms with van der Waals surface area (Å²) in [6, 6.07) is 5.74. The summed E-state index contributed by atoms with van der Waals surface area (Å²) < 4.78 is 32.4. The number of rotatable bonds is 5. The van der Waals surface area contributed by atoms with Crippen molar-refractivity contribution in [2.24, 2.45) is 0 Å². The summed E-state index contributed by atoms with van der Waals surface area (Å²) in [5.41, 5.74) is 0. The number of benzene rings is 1.